The average molecular weight is 217 g/mol. The van der Waals surface area contributed by atoms with Gasteiger partial charge in [0.15, 0.2) is 0 Å². The molecule has 0 aliphatic carbocycles. The summed E-state index contributed by atoms with van der Waals surface area (Å²) in [6, 6.07) is 9.55. The van der Waals surface area contributed by atoms with E-state index in [1.165, 1.54) is 7.11 Å². The molecule has 82 valence electrons. The van der Waals surface area contributed by atoms with Crippen molar-refractivity contribution in [2.75, 3.05) is 7.11 Å². The number of aliphatic hydroxyl groups excluding tert-OH is 1. The second kappa shape index (κ2) is 4.78. The van der Waals surface area contributed by atoms with E-state index in [1.54, 1.807) is 6.20 Å². The summed E-state index contributed by atoms with van der Waals surface area (Å²) in [4.78, 5) is 4.17. The van der Waals surface area contributed by atoms with E-state index in [9.17, 15) is 5.11 Å². The third-order valence-electron chi connectivity index (χ3n) is 2.09. The number of benzene rings is 1. The zero-order valence-corrected chi connectivity index (χ0v) is 8.74. The lowest BCUT2D eigenvalue weighted by molar-refractivity contribution is -0.0835. The Morgan fingerprint density at radius 3 is 2.69 bits per heavy atom. The highest BCUT2D eigenvalue weighted by molar-refractivity contribution is 5.57. The molecule has 0 spiro atoms. The number of aliphatic hydroxyl groups is 1. The predicted molar refractivity (Wildman–Crippen MR) is 57.2 cm³/mol. The first kappa shape index (κ1) is 10.7. The zero-order valence-electron chi connectivity index (χ0n) is 8.74. The summed E-state index contributed by atoms with van der Waals surface area (Å²) in [6.07, 6.45) is 0.400. The molecular formula is C11H11N3O2. The monoisotopic (exact) mass is 217 g/mol. The zero-order chi connectivity index (χ0) is 11.4. The number of hydrogen-bond donors (Lipinski definition) is 1. The van der Waals surface area contributed by atoms with Gasteiger partial charge in [-0.15, -0.1) is 5.10 Å². The SMILES string of the molecule is COC(O)c1nncc(-c2ccccc2)n1. The van der Waals surface area contributed by atoms with Gasteiger partial charge in [0, 0.05) is 12.7 Å². The van der Waals surface area contributed by atoms with Crippen LogP contribution >= 0.6 is 0 Å². The second-order valence-corrected chi connectivity index (χ2v) is 3.15. The lowest BCUT2D eigenvalue weighted by atomic mass is 10.2. The maximum atomic E-state index is 9.41. The van der Waals surface area contributed by atoms with Gasteiger partial charge >= 0.3 is 0 Å². The molecule has 2 aromatic rings. The molecule has 1 N–H and O–H groups in total. The summed E-state index contributed by atoms with van der Waals surface area (Å²) >= 11 is 0. The molecule has 0 radical (unpaired) electrons. The first-order valence-corrected chi connectivity index (χ1v) is 4.77. The smallest absolute Gasteiger partial charge is 0.218 e. The molecule has 1 unspecified atom stereocenters. The van der Waals surface area contributed by atoms with Crippen LogP contribution in [0.4, 0.5) is 0 Å². The summed E-state index contributed by atoms with van der Waals surface area (Å²) in [5.74, 6) is 0.156. The molecule has 5 nitrogen and oxygen atoms in total. The highest BCUT2D eigenvalue weighted by Gasteiger charge is 2.11. The summed E-state index contributed by atoms with van der Waals surface area (Å²) < 4.78 is 4.72. The van der Waals surface area contributed by atoms with E-state index in [1.807, 2.05) is 30.3 Å². The Balaban J connectivity index is 2.36. The van der Waals surface area contributed by atoms with Gasteiger partial charge in [0.2, 0.25) is 12.1 Å². The third-order valence-corrected chi connectivity index (χ3v) is 2.09. The maximum absolute atomic E-state index is 9.41. The Morgan fingerprint density at radius 2 is 2.00 bits per heavy atom. The van der Waals surface area contributed by atoms with Crippen LogP contribution < -0.4 is 0 Å². The van der Waals surface area contributed by atoms with Crippen LogP contribution in [0.2, 0.25) is 0 Å². The van der Waals surface area contributed by atoms with E-state index in [4.69, 9.17) is 4.74 Å². The molecule has 16 heavy (non-hydrogen) atoms. The van der Waals surface area contributed by atoms with E-state index >= 15 is 0 Å². The van der Waals surface area contributed by atoms with Crippen LogP contribution in [-0.2, 0) is 4.74 Å². The molecule has 1 aromatic heterocycles. The number of methoxy groups -OCH3 is 1. The molecule has 0 amide bonds. The molecule has 0 aliphatic rings. The quantitative estimate of drug-likeness (QED) is 0.782. The van der Waals surface area contributed by atoms with Crippen LogP contribution in [0.1, 0.15) is 12.1 Å². The summed E-state index contributed by atoms with van der Waals surface area (Å²) in [6.45, 7) is 0. The number of rotatable bonds is 3. The summed E-state index contributed by atoms with van der Waals surface area (Å²) in [5.41, 5.74) is 1.57. The first-order valence-electron chi connectivity index (χ1n) is 4.77. The normalized spacial score (nSPS) is 12.4. The van der Waals surface area contributed by atoms with Gasteiger partial charge in [-0.2, -0.15) is 5.10 Å². The van der Waals surface area contributed by atoms with Crippen LogP contribution in [0.15, 0.2) is 36.5 Å². The molecule has 0 saturated heterocycles. The fraction of sp³-hybridized carbons (Fsp3) is 0.182. The number of aromatic nitrogens is 3. The Hall–Kier alpha value is -1.85. The van der Waals surface area contributed by atoms with Crippen molar-refractivity contribution >= 4 is 0 Å². The van der Waals surface area contributed by atoms with Crippen LogP contribution in [0.5, 0.6) is 0 Å². The minimum atomic E-state index is -1.14. The van der Waals surface area contributed by atoms with Gasteiger partial charge in [0.1, 0.15) is 0 Å². The van der Waals surface area contributed by atoms with E-state index in [-0.39, 0.29) is 5.82 Å². The third kappa shape index (κ3) is 2.21. The fourth-order valence-electron chi connectivity index (χ4n) is 1.28. The van der Waals surface area contributed by atoms with Crippen molar-refractivity contribution in [2.45, 2.75) is 6.29 Å². The highest BCUT2D eigenvalue weighted by Crippen LogP contribution is 2.16. The molecule has 1 atom stereocenters. The molecular weight excluding hydrogens is 206 g/mol. The molecule has 1 heterocycles. The van der Waals surface area contributed by atoms with Gasteiger partial charge in [-0.3, -0.25) is 0 Å². The molecule has 1 aromatic carbocycles. The van der Waals surface area contributed by atoms with Crippen molar-refractivity contribution in [1.82, 2.24) is 15.2 Å². The van der Waals surface area contributed by atoms with E-state index in [0.29, 0.717) is 5.69 Å². The Labute approximate surface area is 92.8 Å². The summed E-state index contributed by atoms with van der Waals surface area (Å²) in [5, 5.41) is 16.9. The highest BCUT2D eigenvalue weighted by atomic mass is 16.6. The Morgan fingerprint density at radius 1 is 1.25 bits per heavy atom. The number of hydrogen-bond acceptors (Lipinski definition) is 5. The lowest BCUT2D eigenvalue weighted by Crippen LogP contribution is -2.07. The predicted octanol–water partition coefficient (Wildman–Crippen LogP) is 1.18. The minimum absolute atomic E-state index is 0.156. The van der Waals surface area contributed by atoms with Gasteiger partial charge in [-0.25, -0.2) is 4.98 Å². The molecule has 0 bridgehead atoms. The first-order chi connectivity index (χ1) is 7.81. The van der Waals surface area contributed by atoms with Gasteiger partial charge in [0.25, 0.3) is 0 Å². The topological polar surface area (TPSA) is 68.1 Å². The van der Waals surface area contributed by atoms with Crippen molar-refractivity contribution in [3.8, 4) is 11.3 Å². The maximum Gasteiger partial charge on any atom is 0.218 e. The molecule has 0 aliphatic heterocycles. The fourth-order valence-corrected chi connectivity index (χ4v) is 1.28. The van der Waals surface area contributed by atoms with Crippen LogP contribution in [0.3, 0.4) is 0 Å². The standard InChI is InChI=1S/C11H11N3O2/c1-16-11(15)10-13-9(7-12-14-10)8-5-3-2-4-6-8/h2-7,11,15H,1H3. The van der Waals surface area contributed by atoms with Gasteiger partial charge in [-0.1, -0.05) is 30.3 Å². The minimum Gasteiger partial charge on any atom is -0.362 e. The van der Waals surface area contributed by atoms with Crippen molar-refractivity contribution in [3.63, 3.8) is 0 Å². The molecule has 0 saturated carbocycles. The lowest BCUT2D eigenvalue weighted by Gasteiger charge is -2.06. The average Bonchev–Trinajstić information content (AvgIpc) is 2.39. The largest absolute Gasteiger partial charge is 0.362 e. The van der Waals surface area contributed by atoms with Crippen molar-refractivity contribution in [3.05, 3.63) is 42.4 Å². The van der Waals surface area contributed by atoms with Crippen molar-refractivity contribution in [2.24, 2.45) is 0 Å². The van der Waals surface area contributed by atoms with Crippen LogP contribution in [0, 0.1) is 0 Å². The van der Waals surface area contributed by atoms with Gasteiger partial charge in [0.05, 0.1) is 11.9 Å². The Bertz CT molecular complexity index is 462. The van der Waals surface area contributed by atoms with Crippen molar-refractivity contribution < 1.29 is 9.84 Å². The van der Waals surface area contributed by atoms with Crippen LogP contribution in [-0.4, -0.2) is 27.4 Å². The Kier molecular flexibility index (Phi) is 3.19. The summed E-state index contributed by atoms with van der Waals surface area (Å²) in [7, 11) is 1.38. The number of ether oxygens (including phenoxy) is 1. The molecule has 2 rings (SSSR count). The van der Waals surface area contributed by atoms with Gasteiger partial charge in [-0.05, 0) is 0 Å². The van der Waals surface area contributed by atoms with E-state index in [2.05, 4.69) is 15.2 Å². The molecule has 5 heteroatoms. The van der Waals surface area contributed by atoms with E-state index in [0.717, 1.165) is 5.56 Å². The van der Waals surface area contributed by atoms with Gasteiger partial charge < -0.3 is 9.84 Å². The van der Waals surface area contributed by atoms with Crippen LogP contribution in [0.25, 0.3) is 11.3 Å². The molecule has 0 fully saturated rings. The number of nitrogens with zero attached hydrogens (tertiary/aromatic N) is 3. The second-order valence-electron chi connectivity index (χ2n) is 3.15. The van der Waals surface area contributed by atoms with Crippen molar-refractivity contribution in [1.29, 1.82) is 0 Å². The van der Waals surface area contributed by atoms with E-state index < -0.39 is 6.29 Å².